The maximum absolute atomic E-state index is 12.0. The van der Waals surface area contributed by atoms with Crippen LogP contribution in [0.25, 0.3) is 0 Å². The van der Waals surface area contributed by atoms with Gasteiger partial charge in [0.15, 0.2) is 0 Å². The standard InChI is InChI=1S/C15H25NO4/c1-5-15(2,3)20-14(18)16-10-8-12(9-11-16)6-7-13(17)19-4/h6-7,12H,5,8-11H2,1-4H3/b7-6+. The Morgan fingerprint density at radius 2 is 1.90 bits per heavy atom. The van der Waals surface area contributed by atoms with E-state index in [1.54, 1.807) is 4.90 Å². The molecule has 0 aromatic rings. The summed E-state index contributed by atoms with van der Waals surface area (Å²) in [5.41, 5.74) is -0.418. The maximum Gasteiger partial charge on any atom is 0.410 e. The van der Waals surface area contributed by atoms with Gasteiger partial charge in [-0.2, -0.15) is 0 Å². The molecule has 0 unspecified atom stereocenters. The van der Waals surface area contributed by atoms with Crippen molar-refractivity contribution in [2.24, 2.45) is 5.92 Å². The summed E-state index contributed by atoms with van der Waals surface area (Å²) in [5.74, 6) is -0.0196. The minimum atomic E-state index is -0.418. The monoisotopic (exact) mass is 283 g/mol. The van der Waals surface area contributed by atoms with Crippen molar-refractivity contribution in [3.05, 3.63) is 12.2 Å². The highest BCUT2D eigenvalue weighted by molar-refractivity contribution is 5.81. The van der Waals surface area contributed by atoms with Crippen LogP contribution >= 0.6 is 0 Å². The lowest BCUT2D eigenvalue weighted by atomic mass is 9.96. The number of allylic oxidation sites excluding steroid dienone is 1. The van der Waals surface area contributed by atoms with E-state index in [0.717, 1.165) is 19.3 Å². The Morgan fingerprint density at radius 1 is 1.30 bits per heavy atom. The summed E-state index contributed by atoms with van der Waals surface area (Å²) in [4.78, 5) is 24.8. The number of likely N-dealkylation sites (tertiary alicyclic amines) is 1. The van der Waals surface area contributed by atoms with Crippen LogP contribution in [0.2, 0.25) is 0 Å². The van der Waals surface area contributed by atoms with E-state index in [4.69, 9.17) is 4.74 Å². The molecule has 5 heteroatoms. The zero-order valence-electron chi connectivity index (χ0n) is 12.8. The number of hydrogen-bond acceptors (Lipinski definition) is 4. The van der Waals surface area contributed by atoms with E-state index < -0.39 is 5.60 Å². The lowest BCUT2D eigenvalue weighted by molar-refractivity contribution is -0.134. The summed E-state index contributed by atoms with van der Waals surface area (Å²) in [7, 11) is 1.36. The van der Waals surface area contributed by atoms with Crippen molar-refractivity contribution in [1.82, 2.24) is 4.90 Å². The first-order chi connectivity index (χ1) is 9.38. The molecule has 0 bridgehead atoms. The number of rotatable bonds is 4. The van der Waals surface area contributed by atoms with Gasteiger partial charge in [0, 0.05) is 19.2 Å². The van der Waals surface area contributed by atoms with E-state index in [-0.39, 0.29) is 12.1 Å². The zero-order chi connectivity index (χ0) is 15.2. The van der Waals surface area contributed by atoms with Crippen LogP contribution in [0.5, 0.6) is 0 Å². The van der Waals surface area contributed by atoms with E-state index in [0.29, 0.717) is 19.0 Å². The Balaban J connectivity index is 2.40. The summed E-state index contributed by atoms with van der Waals surface area (Å²) in [6.07, 6.45) is 5.55. The van der Waals surface area contributed by atoms with Crippen LogP contribution in [0.15, 0.2) is 12.2 Å². The molecule has 1 aliphatic rings. The summed E-state index contributed by atoms with van der Waals surface area (Å²) in [6.45, 7) is 7.15. The quantitative estimate of drug-likeness (QED) is 0.588. The number of amides is 1. The largest absolute Gasteiger partial charge is 0.466 e. The second-order valence-corrected chi connectivity index (χ2v) is 5.69. The number of methoxy groups -OCH3 is 1. The van der Waals surface area contributed by atoms with Crippen molar-refractivity contribution in [3.63, 3.8) is 0 Å². The van der Waals surface area contributed by atoms with Crippen LogP contribution in [0.1, 0.15) is 40.0 Å². The second kappa shape index (κ2) is 7.31. The number of carbonyl (C=O) groups excluding carboxylic acids is 2. The Hall–Kier alpha value is -1.52. The van der Waals surface area contributed by atoms with E-state index in [2.05, 4.69) is 4.74 Å². The first-order valence-corrected chi connectivity index (χ1v) is 7.12. The normalized spacial score (nSPS) is 17.3. The molecule has 0 aliphatic carbocycles. The third-order valence-electron chi connectivity index (χ3n) is 3.72. The molecule has 1 heterocycles. The van der Waals surface area contributed by atoms with Crippen LogP contribution in [-0.4, -0.2) is 42.8 Å². The molecule has 1 saturated heterocycles. The van der Waals surface area contributed by atoms with Crippen molar-refractivity contribution in [3.8, 4) is 0 Å². The fourth-order valence-electron chi connectivity index (χ4n) is 1.93. The molecule has 0 aromatic carbocycles. The number of nitrogens with zero attached hydrogens (tertiary/aromatic N) is 1. The van der Waals surface area contributed by atoms with Crippen molar-refractivity contribution < 1.29 is 19.1 Å². The predicted octanol–water partition coefficient (Wildman–Crippen LogP) is 2.75. The van der Waals surface area contributed by atoms with Gasteiger partial charge in [-0.05, 0) is 39.0 Å². The van der Waals surface area contributed by atoms with Gasteiger partial charge in [0.05, 0.1) is 7.11 Å². The van der Waals surface area contributed by atoms with Gasteiger partial charge >= 0.3 is 12.1 Å². The maximum atomic E-state index is 12.0. The van der Waals surface area contributed by atoms with Gasteiger partial charge in [0.25, 0.3) is 0 Å². The van der Waals surface area contributed by atoms with E-state index in [9.17, 15) is 9.59 Å². The molecule has 0 N–H and O–H groups in total. The molecule has 0 saturated carbocycles. The SMILES string of the molecule is CCC(C)(C)OC(=O)N1CCC(/C=C/C(=O)OC)CC1. The Morgan fingerprint density at radius 3 is 2.40 bits per heavy atom. The van der Waals surface area contributed by atoms with Crippen LogP contribution < -0.4 is 0 Å². The molecule has 20 heavy (non-hydrogen) atoms. The highest BCUT2D eigenvalue weighted by atomic mass is 16.6. The minimum absolute atomic E-state index is 0.243. The van der Waals surface area contributed by atoms with Crippen molar-refractivity contribution >= 4 is 12.1 Å². The smallest absolute Gasteiger partial charge is 0.410 e. The summed E-state index contributed by atoms with van der Waals surface area (Å²) >= 11 is 0. The van der Waals surface area contributed by atoms with Gasteiger partial charge in [-0.3, -0.25) is 0 Å². The van der Waals surface area contributed by atoms with Gasteiger partial charge < -0.3 is 14.4 Å². The molecule has 1 aliphatic heterocycles. The van der Waals surface area contributed by atoms with Gasteiger partial charge in [-0.1, -0.05) is 13.0 Å². The molecule has 1 amide bonds. The molecule has 0 atom stereocenters. The number of esters is 1. The van der Waals surface area contributed by atoms with Crippen molar-refractivity contribution in [1.29, 1.82) is 0 Å². The van der Waals surface area contributed by atoms with Gasteiger partial charge in [0.1, 0.15) is 5.60 Å². The predicted molar refractivity (Wildman–Crippen MR) is 76.3 cm³/mol. The molecule has 0 spiro atoms. The molecule has 1 fully saturated rings. The van der Waals surface area contributed by atoms with Crippen LogP contribution in [0.4, 0.5) is 4.79 Å². The highest BCUT2D eigenvalue weighted by Crippen LogP contribution is 2.21. The van der Waals surface area contributed by atoms with E-state index in [1.165, 1.54) is 13.2 Å². The molecule has 0 radical (unpaired) electrons. The van der Waals surface area contributed by atoms with Crippen LogP contribution in [0, 0.1) is 5.92 Å². The molecule has 5 nitrogen and oxygen atoms in total. The van der Waals surface area contributed by atoms with Crippen molar-refractivity contribution in [2.45, 2.75) is 45.6 Å². The number of piperidine rings is 1. The fraction of sp³-hybridized carbons (Fsp3) is 0.733. The minimum Gasteiger partial charge on any atom is -0.466 e. The summed E-state index contributed by atoms with van der Waals surface area (Å²) in [6, 6.07) is 0. The van der Waals surface area contributed by atoms with E-state index in [1.807, 2.05) is 26.8 Å². The van der Waals surface area contributed by atoms with Crippen molar-refractivity contribution in [2.75, 3.05) is 20.2 Å². The average Bonchev–Trinajstić information content (AvgIpc) is 2.44. The fourth-order valence-corrected chi connectivity index (χ4v) is 1.93. The first kappa shape index (κ1) is 16.5. The summed E-state index contributed by atoms with van der Waals surface area (Å²) < 4.78 is 10.0. The Labute approximate surface area is 120 Å². The Bertz CT molecular complexity index is 368. The van der Waals surface area contributed by atoms with E-state index >= 15 is 0 Å². The molecule has 114 valence electrons. The topological polar surface area (TPSA) is 55.8 Å². The average molecular weight is 283 g/mol. The third-order valence-corrected chi connectivity index (χ3v) is 3.72. The number of carbonyl (C=O) groups is 2. The Kier molecular flexibility index (Phi) is 6.05. The number of ether oxygens (including phenoxy) is 2. The van der Waals surface area contributed by atoms with Crippen LogP contribution in [0.3, 0.4) is 0 Å². The molecule has 0 aromatic heterocycles. The molecular weight excluding hydrogens is 258 g/mol. The highest BCUT2D eigenvalue weighted by Gasteiger charge is 2.27. The van der Waals surface area contributed by atoms with Crippen LogP contribution in [-0.2, 0) is 14.3 Å². The van der Waals surface area contributed by atoms with Gasteiger partial charge in [-0.25, -0.2) is 9.59 Å². The second-order valence-electron chi connectivity index (χ2n) is 5.69. The number of hydrogen-bond donors (Lipinski definition) is 0. The van der Waals surface area contributed by atoms with Gasteiger partial charge in [-0.15, -0.1) is 0 Å². The zero-order valence-corrected chi connectivity index (χ0v) is 12.8. The molecule has 1 rings (SSSR count). The lowest BCUT2D eigenvalue weighted by Crippen LogP contribution is -2.42. The summed E-state index contributed by atoms with van der Waals surface area (Å²) in [5, 5.41) is 0. The van der Waals surface area contributed by atoms with Gasteiger partial charge in [0.2, 0.25) is 0 Å². The molecular formula is C15H25NO4. The third kappa shape index (κ3) is 5.23. The lowest BCUT2D eigenvalue weighted by Gasteiger charge is -2.33. The first-order valence-electron chi connectivity index (χ1n) is 7.12.